The minimum absolute atomic E-state index is 0.0101. The number of pyridine rings is 1. The van der Waals surface area contributed by atoms with E-state index in [9.17, 15) is 9.59 Å². The van der Waals surface area contributed by atoms with E-state index in [4.69, 9.17) is 14.8 Å². The van der Waals surface area contributed by atoms with Crippen LogP contribution in [0, 0.1) is 6.92 Å². The van der Waals surface area contributed by atoms with Gasteiger partial charge in [0.05, 0.1) is 21.6 Å². The van der Waals surface area contributed by atoms with Gasteiger partial charge in [0.2, 0.25) is 0 Å². The van der Waals surface area contributed by atoms with E-state index in [2.05, 4.69) is 27.8 Å². The van der Waals surface area contributed by atoms with Gasteiger partial charge in [-0.2, -0.15) is 0 Å². The van der Waals surface area contributed by atoms with Crippen LogP contribution in [0.2, 0.25) is 0 Å². The van der Waals surface area contributed by atoms with Crippen molar-refractivity contribution in [1.29, 1.82) is 0 Å². The zero-order chi connectivity index (χ0) is 28.9. The lowest BCUT2D eigenvalue weighted by atomic mass is 9.98. The number of carbonyl (C=O) groups is 2. The Kier molecular flexibility index (Phi) is 12.2. The summed E-state index contributed by atoms with van der Waals surface area (Å²) in [6, 6.07) is 8.19. The van der Waals surface area contributed by atoms with Gasteiger partial charge >= 0.3 is 12.1 Å². The maximum absolute atomic E-state index is 12.5. The highest BCUT2D eigenvalue weighted by atomic mass is 32.1. The van der Waals surface area contributed by atoms with E-state index >= 15 is 0 Å². The maximum atomic E-state index is 12.5. The Morgan fingerprint density at radius 3 is 2.39 bits per heavy atom. The Hall–Kier alpha value is -3.20. The molecule has 1 saturated carbocycles. The van der Waals surface area contributed by atoms with E-state index in [1.54, 1.807) is 11.3 Å². The molecule has 0 radical (unpaired) electrons. The number of aryl methyl sites for hydroxylation is 1. The third-order valence-corrected chi connectivity index (χ3v) is 8.69. The smallest absolute Gasteiger partial charge is 0.411 e. The van der Waals surface area contributed by atoms with Gasteiger partial charge in [-0.25, -0.2) is 9.78 Å². The van der Waals surface area contributed by atoms with Crippen LogP contribution in [-0.2, 0) is 9.53 Å². The lowest BCUT2D eigenvalue weighted by Gasteiger charge is -2.22. The van der Waals surface area contributed by atoms with Crippen LogP contribution < -0.4 is 10.6 Å². The molecule has 8 nitrogen and oxygen atoms in total. The van der Waals surface area contributed by atoms with Gasteiger partial charge in [-0.3, -0.25) is 15.1 Å². The molecule has 1 amide bonds. The van der Waals surface area contributed by atoms with Crippen molar-refractivity contribution in [3.8, 4) is 11.1 Å². The Bertz CT molecular complexity index is 1270. The minimum Gasteiger partial charge on any atom is -0.481 e. The average molecular weight is 581 g/mol. The fraction of sp³-hybridized carbons (Fsp3) is 0.562. The monoisotopic (exact) mass is 580 g/mol. The summed E-state index contributed by atoms with van der Waals surface area (Å²) in [4.78, 5) is 32.3. The lowest BCUT2D eigenvalue weighted by molar-refractivity contribution is -0.137. The third-order valence-electron chi connectivity index (χ3n) is 7.71. The first-order chi connectivity index (χ1) is 20.0. The van der Waals surface area contributed by atoms with Gasteiger partial charge < -0.3 is 15.2 Å². The van der Waals surface area contributed by atoms with E-state index in [1.807, 2.05) is 25.3 Å². The van der Waals surface area contributed by atoms with Gasteiger partial charge in [0.25, 0.3) is 0 Å². The molecule has 3 aromatic rings. The van der Waals surface area contributed by atoms with Gasteiger partial charge in [-0.05, 0) is 69.2 Å². The van der Waals surface area contributed by atoms with Gasteiger partial charge in [-0.1, -0.05) is 68.8 Å². The van der Waals surface area contributed by atoms with Crippen LogP contribution in [0.5, 0.6) is 0 Å². The number of carboxylic acids is 1. The van der Waals surface area contributed by atoms with E-state index in [0.717, 1.165) is 90.1 Å². The predicted octanol–water partition coefficient (Wildman–Crippen LogP) is 8.95. The van der Waals surface area contributed by atoms with Crippen LogP contribution in [0.1, 0.15) is 102 Å². The van der Waals surface area contributed by atoms with Gasteiger partial charge in [0.1, 0.15) is 6.10 Å². The van der Waals surface area contributed by atoms with Crippen LogP contribution >= 0.6 is 11.3 Å². The number of thiazole rings is 1. The van der Waals surface area contributed by atoms with Gasteiger partial charge in [0, 0.05) is 24.7 Å². The Balaban J connectivity index is 1.20. The molecule has 2 aromatic heterocycles. The normalized spacial score (nSPS) is 13.8. The number of unbranched alkanes of at least 4 members (excludes halogenated alkanes) is 8. The highest BCUT2D eigenvalue weighted by molar-refractivity contribution is 7.22. The number of nitrogens with zero attached hydrogens (tertiary/aromatic N) is 2. The number of carbonyl (C=O) groups excluding carboxylic acids is 1. The van der Waals surface area contributed by atoms with Crippen molar-refractivity contribution >= 4 is 44.4 Å². The number of rotatable bonds is 16. The number of carboxylic acid groups (broad SMARTS) is 1. The number of ether oxygens (including phenoxy) is 1. The van der Waals surface area contributed by atoms with Crippen LogP contribution in [0.3, 0.4) is 0 Å². The van der Waals surface area contributed by atoms with Crippen molar-refractivity contribution in [2.24, 2.45) is 0 Å². The van der Waals surface area contributed by atoms with E-state index in [-0.39, 0.29) is 6.10 Å². The molecule has 1 aliphatic rings. The van der Waals surface area contributed by atoms with Gasteiger partial charge in [-0.15, -0.1) is 0 Å². The first-order valence-electron chi connectivity index (χ1n) is 15.3. The summed E-state index contributed by atoms with van der Waals surface area (Å²) >= 11 is 1.66. The second-order valence-electron chi connectivity index (χ2n) is 11.1. The molecule has 1 fully saturated rings. The fourth-order valence-electron chi connectivity index (χ4n) is 5.31. The number of amides is 1. The molecule has 41 heavy (non-hydrogen) atoms. The molecule has 0 bridgehead atoms. The molecule has 4 rings (SSSR count). The van der Waals surface area contributed by atoms with Crippen molar-refractivity contribution in [3.63, 3.8) is 0 Å². The molecule has 1 aliphatic carbocycles. The molecule has 0 aliphatic heterocycles. The molecule has 2 heterocycles. The van der Waals surface area contributed by atoms with Crippen LogP contribution in [-0.4, -0.2) is 39.8 Å². The maximum Gasteiger partial charge on any atom is 0.411 e. The number of hydrogen-bond donors (Lipinski definition) is 3. The van der Waals surface area contributed by atoms with E-state index in [0.29, 0.717) is 12.1 Å². The van der Waals surface area contributed by atoms with Crippen molar-refractivity contribution in [1.82, 2.24) is 9.97 Å². The molecular weight excluding hydrogens is 536 g/mol. The molecule has 0 saturated heterocycles. The third kappa shape index (κ3) is 10.3. The largest absolute Gasteiger partial charge is 0.481 e. The van der Waals surface area contributed by atoms with E-state index in [1.165, 1.54) is 38.5 Å². The Labute approximate surface area is 247 Å². The average Bonchev–Trinajstić information content (AvgIpc) is 3.37. The van der Waals surface area contributed by atoms with E-state index < -0.39 is 12.1 Å². The fourth-order valence-corrected chi connectivity index (χ4v) is 6.24. The number of nitrogens with one attached hydrogen (secondary N) is 2. The van der Waals surface area contributed by atoms with Crippen LogP contribution in [0.15, 0.2) is 30.5 Å². The first kappa shape index (κ1) is 30.8. The Morgan fingerprint density at radius 1 is 0.951 bits per heavy atom. The molecule has 3 N–H and O–H groups in total. The number of anilines is 2. The summed E-state index contributed by atoms with van der Waals surface area (Å²) in [7, 11) is 0. The summed E-state index contributed by atoms with van der Waals surface area (Å²) in [6.07, 6.45) is 17.3. The van der Waals surface area contributed by atoms with Crippen molar-refractivity contribution in [2.75, 3.05) is 17.2 Å². The Morgan fingerprint density at radius 2 is 1.66 bits per heavy atom. The number of fused-ring (bicyclic) bond motifs is 1. The van der Waals surface area contributed by atoms with Crippen LogP contribution in [0.4, 0.5) is 15.6 Å². The zero-order valence-corrected chi connectivity index (χ0v) is 25.1. The standard InChI is InChI=1S/C32H44N4O4S/c1-23-28(36-32(39)40-26-14-10-9-11-15-26)20-25(22-34-23)24-17-18-27-29(21-24)41-31(35-27)33-19-13-8-6-4-2-3-5-7-12-16-30(37)38/h17-18,20-22,26H,2-16,19H2,1H3,(H,33,35)(H,36,39)(H,37,38). The highest BCUT2D eigenvalue weighted by Crippen LogP contribution is 2.32. The summed E-state index contributed by atoms with van der Waals surface area (Å²) in [6.45, 7) is 2.80. The number of aromatic nitrogens is 2. The first-order valence-corrected chi connectivity index (χ1v) is 16.1. The van der Waals surface area contributed by atoms with Crippen molar-refractivity contribution in [3.05, 3.63) is 36.2 Å². The summed E-state index contributed by atoms with van der Waals surface area (Å²) in [5, 5.41) is 16.0. The molecule has 222 valence electrons. The SMILES string of the molecule is Cc1ncc(-c2ccc3nc(NCCCCCCCCCCCC(=O)O)sc3c2)cc1NC(=O)OC1CCCCC1. The second-order valence-corrected chi connectivity index (χ2v) is 12.1. The number of hydrogen-bond acceptors (Lipinski definition) is 7. The predicted molar refractivity (Wildman–Crippen MR) is 167 cm³/mol. The summed E-state index contributed by atoms with van der Waals surface area (Å²) < 4.78 is 6.75. The molecular formula is C32H44N4O4S. The zero-order valence-electron chi connectivity index (χ0n) is 24.3. The molecule has 0 atom stereocenters. The number of benzene rings is 1. The second kappa shape index (κ2) is 16.3. The minimum atomic E-state index is -0.689. The molecule has 0 unspecified atom stereocenters. The number of aliphatic carboxylic acids is 1. The highest BCUT2D eigenvalue weighted by Gasteiger charge is 2.18. The lowest BCUT2D eigenvalue weighted by Crippen LogP contribution is -2.24. The van der Waals surface area contributed by atoms with Crippen molar-refractivity contribution < 1.29 is 19.4 Å². The summed E-state index contributed by atoms with van der Waals surface area (Å²) in [5.74, 6) is -0.689. The molecule has 9 heteroatoms. The van der Waals surface area contributed by atoms with Crippen LogP contribution in [0.25, 0.3) is 21.3 Å². The molecule has 1 aromatic carbocycles. The summed E-state index contributed by atoms with van der Waals surface area (Å²) in [5.41, 5.74) is 4.37. The molecule has 0 spiro atoms. The quantitative estimate of drug-likeness (QED) is 0.145. The topological polar surface area (TPSA) is 113 Å². The van der Waals surface area contributed by atoms with Crippen molar-refractivity contribution in [2.45, 2.75) is 109 Å². The van der Waals surface area contributed by atoms with Gasteiger partial charge in [0.15, 0.2) is 5.13 Å².